The molecule has 3 nitrogen and oxygen atoms in total. The lowest BCUT2D eigenvalue weighted by Gasteiger charge is -1.99. The number of hydrogen-bond acceptors (Lipinski definition) is 1. The van der Waals surface area contributed by atoms with E-state index in [0.29, 0.717) is 15.7 Å². The van der Waals surface area contributed by atoms with E-state index >= 15 is 0 Å². The summed E-state index contributed by atoms with van der Waals surface area (Å²) >= 11 is 11.7. The van der Waals surface area contributed by atoms with E-state index in [0.717, 1.165) is 0 Å². The van der Waals surface area contributed by atoms with Crippen LogP contribution in [0.1, 0.15) is 10.4 Å². The molecule has 0 saturated carbocycles. The van der Waals surface area contributed by atoms with Gasteiger partial charge in [0.25, 0.3) is 0 Å². The lowest BCUT2D eigenvalue weighted by Crippen LogP contribution is -1.92. The minimum Gasteiger partial charge on any atom is -0.478 e. The van der Waals surface area contributed by atoms with Crippen LogP contribution in [0.3, 0.4) is 0 Å². The zero-order chi connectivity index (χ0) is 10.3. The molecule has 0 saturated heterocycles. The molecule has 1 N–H and O–H groups in total. The highest BCUT2D eigenvalue weighted by molar-refractivity contribution is 6.41. The summed E-state index contributed by atoms with van der Waals surface area (Å²) in [6.07, 6.45) is 1.44. The van der Waals surface area contributed by atoms with Crippen LogP contribution in [-0.2, 0) is 0 Å². The molecule has 0 radical (unpaired) electrons. The molecule has 0 aliphatic carbocycles. The average Bonchev–Trinajstić information content (AvgIpc) is 2.56. The lowest BCUT2D eigenvalue weighted by molar-refractivity contribution is 0.0697. The number of carbonyl (C=O) groups is 1. The van der Waals surface area contributed by atoms with E-state index in [1.165, 1.54) is 16.7 Å². The molecule has 2 heterocycles. The van der Waals surface area contributed by atoms with Gasteiger partial charge >= 0.3 is 5.97 Å². The smallest absolute Gasteiger partial charge is 0.337 e. The molecule has 0 aliphatic heterocycles. The Bertz CT molecular complexity index is 519. The first-order chi connectivity index (χ1) is 6.59. The van der Waals surface area contributed by atoms with Gasteiger partial charge in [-0.15, -0.1) is 0 Å². The molecule has 0 aromatic carbocycles. The quantitative estimate of drug-likeness (QED) is 0.765. The van der Waals surface area contributed by atoms with Gasteiger partial charge in [-0.3, -0.25) is 0 Å². The Labute approximate surface area is 89.5 Å². The number of aromatic carboxylic acids is 1. The number of carboxylic acid groups (broad SMARTS) is 1. The number of nitrogens with zero attached hydrogens (tertiary/aromatic N) is 1. The van der Waals surface area contributed by atoms with Gasteiger partial charge in [0.2, 0.25) is 0 Å². The Morgan fingerprint density at radius 2 is 2.07 bits per heavy atom. The highest BCUT2D eigenvalue weighted by Crippen LogP contribution is 2.24. The normalized spacial score (nSPS) is 10.7. The molecule has 2 aromatic rings. The lowest BCUT2D eigenvalue weighted by atomic mass is 10.3. The van der Waals surface area contributed by atoms with Crippen molar-refractivity contribution in [3.8, 4) is 0 Å². The van der Waals surface area contributed by atoms with Crippen LogP contribution in [0.15, 0.2) is 24.4 Å². The maximum absolute atomic E-state index is 10.7. The molecule has 72 valence electrons. The first-order valence-electron chi connectivity index (χ1n) is 3.79. The zero-order valence-electron chi connectivity index (χ0n) is 6.87. The van der Waals surface area contributed by atoms with Crippen LogP contribution in [0.2, 0.25) is 10.2 Å². The molecule has 0 fully saturated rings. The van der Waals surface area contributed by atoms with Crippen molar-refractivity contribution < 1.29 is 9.90 Å². The molecular weight excluding hydrogens is 225 g/mol. The third-order valence-corrected chi connectivity index (χ3v) is 2.69. The first kappa shape index (κ1) is 9.37. The monoisotopic (exact) mass is 229 g/mol. The number of fused-ring (bicyclic) bond motifs is 1. The Kier molecular flexibility index (Phi) is 2.13. The zero-order valence-corrected chi connectivity index (χ0v) is 8.38. The fourth-order valence-corrected chi connectivity index (χ4v) is 1.60. The summed E-state index contributed by atoms with van der Waals surface area (Å²) in [5, 5.41) is 9.47. The number of pyridine rings is 1. The van der Waals surface area contributed by atoms with Crippen LogP contribution in [0.5, 0.6) is 0 Å². The third kappa shape index (κ3) is 1.35. The summed E-state index contributed by atoms with van der Waals surface area (Å²) < 4.78 is 1.54. The second-order valence-corrected chi connectivity index (χ2v) is 3.57. The first-order valence-corrected chi connectivity index (χ1v) is 4.54. The van der Waals surface area contributed by atoms with E-state index in [4.69, 9.17) is 28.3 Å². The van der Waals surface area contributed by atoms with Gasteiger partial charge in [-0.1, -0.05) is 23.2 Å². The maximum Gasteiger partial charge on any atom is 0.337 e. The minimum atomic E-state index is -0.985. The van der Waals surface area contributed by atoms with E-state index in [9.17, 15) is 4.79 Å². The summed E-state index contributed by atoms with van der Waals surface area (Å²) in [7, 11) is 0. The van der Waals surface area contributed by atoms with Crippen LogP contribution >= 0.6 is 23.2 Å². The number of aromatic nitrogens is 1. The van der Waals surface area contributed by atoms with E-state index in [2.05, 4.69) is 0 Å². The van der Waals surface area contributed by atoms with Crippen LogP contribution in [0.25, 0.3) is 5.52 Å². The molecule has 0 spiro atoms. The van der Waals surface area contributed by atoms with Crippen molar-refractivity contribution in [2.45, 2.75) is 0 Å². The number of carboxylic acids is 1. The van der Waals surface area contributed by atoms with Crippen molar-refractivity contribution in [2.75, 3.05) is 0 Å². The van der Waals surface area contributed by atoms with Crippen molar-refractivity contribution in [3.63, 3.8) is 0 Å². The number of rotatable bonds is 1. The van der Waals surface area contributed by atoms with E-state index in [-0.39, 0.29) is 5.56 Å². The van der Waals surface area contributed by atoms with E-state index in [1.807, 2.05) is 0 Å². The SMILES string of the molecule is O=C(O)c1cc2ccc(Cl)c(Cl)n2c1. The summed E-state index contributed by atoms with van der Waals surface area (Å²) in [6, 6.07) is 4.87. The second kappa shape index (κ2) is 3.19. The van der Waals surface area contributed by atoms with Gasteiger partial charge in [0.15, 0.2) is 0 Å². The van der Waals surface area contributed by atoms with Crippen molar-refractivity contribution >= 4 is 34.7 Å². The summed E-state index contributed by atoms with van der Waals surface area (Å²) in [5.74, 6) is -0.985. The van der Waals surface area contributed by atoms with Gasteiger partial charge in [0.05, 0.1) is 10.6 Å². The Hall–Kier alpha value is -1.19. The molecule has 0 amide bonds. The largest absolute Gasteiger partial charge is 0.478 e. The predicted octanol–water partition coefficient (Wildman–Crippen LogP) is 2.94. The molecule has 0 bridgehead atoms. The van der Waals surface area contributed by atoms with Gasteiger partial charge in [0.1, 0.15) is 5.15 Å². The summed E-state index contributed by atoms with van der Waals surface area (Å²) in [5.41, 5.74) is 0.894. The maximum atomic E-state index is 10.7. The van der Waals surface area contributed by atoms with Crippen molar-refractivity contribution in [2.24, 2.45) is 0 Å². The van der Waals surface area contributed by atoms with Crippen molar-refractivity contribution in [1.82, 2.24) is 4.40 Å². The van der Waals surface area contributed by atoms with Crippen molar-refractivity contribution in [1.29, 1.82) is 0 Å². The number of halogens is 2. The minimum absolute atomic E-state index is 0.189. The molecule has 0 unspecified atom stereocenters. The van der Waals surface area contributed by atoms with Gasteiger partial charge in [0, 0.05) is 11.7 Å². The van der Waals surface area contributed by atoms with Gasteiger partial charge < -0.3 is 9.51 Å². The van der Waals surface area contributed by atoms with Gasteiger partial charge in [-0.05, 0) is 18.2 Å². The predicted molar refractivity (Wildman–Crippen MR) is 54.4 cm³/mol. The van der Waals surface area contributed by atoms with Crippen LogP contribution in [0.4, 0.5) is 0 Å². The van der Waals surface area contributed by atoms with Gasteiger partial charge in [-0.2, -0.15) is 0 Å². The molecular formula is C9H5Cl2NO2. The average molecular weight is 230 g/mol. The Balaban J connectivity index is 2.77. The third-order valence-electron chi connectivity index (χ3n) is 1.91. The van der Waals surface area contributed by atoms with Crippen LogP contribution in [-0.4, -0.2) is 15.5 Å². The standard InChI is InChI=1S/C9H5Cl2NO2/c10-7-2-1-6-3-5(9(13)14)4-12(6)8(7)11/h1-4H,(H,13,14). The van der Waals surface area contributed by atoms with Crippen LogP contribution in [0, 0.1) is 0 Å². The van der Waals surface area contributed by atoms with E-state index in [1.54, 1.807) is 12.1 Å². The summed E-state index contributed by atoms with van der Waals surface area (Å²) in [4.78, 5) is 10.7. The molecule has 0 atom stereocenters. The fourth-order valence-electron chi connectivity index (χ4n) is 1.24. The Morgan fingerprint density at radius 1 is 1.36 bits per heavy atom. The molecule has 2 aromatic heterocycles. The fraction of sp³-hybridized carbons (Fsp3) is 0. The van der Waals surface area contributed by atoms with Gasteiger partial charge in [-0.25, -0.2) is 4.79 Å². The molecule has 5 heteroatoms. The molecule has 14 heavy (non-hydrogen) atoms. The van der Waals surface area contributed by atoms with Crippen molar-refractivity contribution in [3.05, 3.63) is 40.1 Å². The van der Waals surface area contributed by atoms with Crippen LogP contribution < -0.4 is 0 Å². The Morgan fingerprint density at radius 3 is 2.71 bits per heavy atom. The second-order valence-electron chi connectivity index (χ2n) is 2.80. The van der Waals surface area contributed by atoms with E-state index < -0.39 is 5.97 Å². The summed E-state index contributed by atoms with van der Waals surface area (Å²) in [6.45, 7) is 0. The molecule has 2 rings (SSSR count). The number of hydrogen-bond donors (Lipinski definition) is 1. The topological polar surface area (TPSA) is 41.7 Å². The highest BCUT2D eigenvalue weighted by Gasteiger charge is 2.09. The highest BCUT2D eigenvalue weighted by atomic mass is 35.5. The molecule has 0 aliphatic rings.